The summed E-state index contributed by atoms with van der Waals surface area (Å²) >= 11 is 1.85. The molecule has 4 aliphatic rings. The molecule has 0 unspecified atom stereocenters. The van der Waals surface area contributed by atoms with Crippen LogP contribution >= 0.6 is 11.8 Å². The Morgan fingerprint density at radius 2 is 0.965 bits per heavy atom. The molecule has 6 heteroatoms. The molecular formula is C51H35B2FN2S. The number of hydrogen-bond donors (Lipinski definition) is 0. The number of halogens is 1. The van der Waals surface area contributed by atoms with Gasteiger partial charge in [-0.25, -0.2) is 4.39 Å². The molecule has 268 valence electrons. The summed E-state index contributed by atoms with van der Waals surface area (Å²) in [7, 11) is 0. The number of para-hydroxylation sites is 1. The Balaban J connectivity index is 1.18. The van der Waals surface area contributed by atoms with Gasteiger partial charge in [0.25, 0.3) is 6.71 Å². The van der Waals surface area contributed by atoms with Crippen molar-refractivity contribution in [3.63, 3.8) is 0 Å². The van der Waals surface area contributed by atoms with Gasteiger partial charge in [0.2, 0.25) is 6.71 Å². The molecule has 2 nitrogen and oxygen atoms in total. The molecule has 0 aromatic heterocycles. The second kappa shape index (κ2) is 12.1. The van der Waals surface area contributed by atoms with Crippen LogP contribution in [-0.2, 0) is 0 Å². The number of rotatable bonds is 3. The van der Waals surface area contributed by atoms with Crippen LogP contribution in [-0.4, -0.2) is 13.4 Å². The lowest BCUT2D eigenvalue weighted by molar-refractivity contribution is 0.629. The third-order valence-electron chi connectivity index (χ3n) is 12.5. The van der Waals surface area contributed by atoms with E-state index >= 15 is 4.39 Å². The van der Waals surface area contributed by atoms with E-state index < -0.39 is 0 Å². The second-order valence-electron chi connectivity index (χ2n) is 16.0. The minimum Gasteiger partial charge on any atom is -0.312 e. The molecule has 0 saturated carbocycles. The smallest absolute Gasteiger partial charge is 0.252 e. The highest BCUT2D eigenvalue weighted by molar-refractivity contribution is 8.00. The summed E-state index contributed by atoms with van der Waals surface area (Å²) in [6, 6.07) is 56.6. The van der Waals surface area contributed by atoms with E-state index in [9.17, 15) is 0 Å². The van der Waals surface area contributed by atoms with E-state index in [1.165, 1.54) is 76.3 Å². The molecule has 4 aliphatic heterocycles. The fourth-order valence-electron chi connectivity index (χ4n) is 10.1. The largest absolute Gasteiger partial charge is 0.312 e. The van der Waals surface area contributed by atoms with Crippen LogP contribution in [0.4, 0.5) is 38.5 Å². The molecule has 0 atom stereocenters. The Morgan fingerprint density at radius 1 is 0.421 bits per heavy atom. The van der Waals surface area contributed by atoms with E-state index in [0.717, 1.165) is 33.6 Å². The van der Waals surface area contributed by atoms with E-state index in [2.05, 4.69) is 170 Å². The van der Waals surface area contributed by atoms with Gasteiger partial charge in [-0.2, -0.15) is 0 Å². The zero-order chi connectivity index (χ0) is 38.1. The minimum atomic E-state index is -0.246. The Hall–Kier alpha value is -6.23. The summed E-state index contributed by atoms with van der Waals surface area (Å²) in [5.74, 6) is -0.246. The average molecular weight is 749 g/mol. The van der Waals surface area contributed by atoms with Gasteiger partial charge >= 0.3 is 0 Å². The van der Waals surface area contributed by atoms with E-state index in [4.69, 9.17) is 0 Å². The van der Waals surface area contributed by atoms with Crippen molar-refractivity contribution in [1.82, 2.24) is 0 Å². The first-order chi connectivity index (χ1) is 27.9. The SMILES string of the molecule is Cc1ccc2c(c1)B1c3cc(C)ccc3N3c4ccc(C)cc4B4c5ccccc5Sc5cc(c1c3c54)N2c1c(F)cccc1-c1ccc(-c2ccccc2)cc1. The molecule has 8 aromatic carbocycles. The Bertz CT molecular complexity index is 3020. The van der Waals surface area contributed by atoms with Gasteiger partial charge in [-0.05, 0) is 101 Å². The first kappa shape index (κ1) is 33.0. The van der Waals surface area contributed by atoms with Crippen molar-refractivity contribution in [2.24, 2.45) is 0 Å². The number of aryl methyl sites for hydroxylation is 3. The van der Waals surface area contributed by atoms with Gasteiger partial charge in [0, 0.05) is 43.8 Å². The monoisotopic (exact) mass is 748 g/mol. The summed E-state index contributed by atoms with van der Waals surface area (Å²) in [5, 5.41) is 0. The van der Waals surface area contributed by atoms with Crippen LogP contribution in [0.3, 0.4) is 0 Å². The molecule has 4 heterocycles. The normalized spacial score (nSPS) is 13.8. The number of hydrogen-bond acceptors (Lipinski definition) is 3. The highest BCUT2D eigenvalue weighted by Gasteiger charge is 2.50. The molecule has 0 aliphatic carbocycles. The van der Waals surface area contributed by atoms with E-state index in [0.29, 0.717) is 5.69 Å². The second-order valence-corrected chi connectivity index (χ2v) is 17.1. The summed E-state index contributed by atoms with van der Waals surface area (Å²) in [6.45, 7) is 6.62. The lowest BCUT2D eigenvalue weighted by Gasteiger charge is -2.49. The first-order valence-electron chi connectivity index (χ1n) is 19.8. The fraction of sp³-hybridized carbons (Fsp3) is 0.0588. The van der Waals surface area contributed by atoms with Gasteiger partial charge in [-0.1, -0.05) is 155 Å². The predicted molar refractivity (Wildman–Crippen MR) is 241 cm³/mol. The van der Waals surface area contributed by atoms with Crippen molar-refractivity contribution in [2.45, 2.75) is 30.6 Å². The van der Waals surface area contributed by atoms with Gasteiger partial charge in [-0.3, -0.25) is 0 Å². The topological polar surface area (TPSA) is 6.48 Å². The molecule has 0 amide bonds. The van der Waals surface area contributed by atoms with Crippen LogP contribution in [0.25, 0.3) is 22.3 Å². The summed E-state index contributed by atoms with van der Waals surface area (Å²) in [5.41, 5.74) is 21.9. The van der Waals surface area contributed by atoms with Gasteiger partial charge in [0.1, 0.15) is 5.82 Å². The van der Waals surface area contributed by atoms with Gasteiger partial charge in [0.15, 0.2) is 0 Å². The van der Waals surface area contributed by atoms with Gasteiger partial charge < -0.3 is 9.80 Å². The molecule has 0 radical (unpaired) electrons. The first-order valence-corrected chi connectivity index (χ1v) is 20.6. The maximum atomic E-state index is 17.2. The molecular weight excluding hydrogens is 713 g/mol. The number of nitrogens with zero attached hydrogens (tertiary/aromatic N) is 2. The van der Waals surface area contributed by atoms with Crippen molar-refractivity contribution in [3.05, 3.63) is 180 Å². The quantitative estimate of drug-likeness (QED) is 0.166. The van der Waals surface area contributed by atoms with E-state index in [-0.39, 0.29) is 19.2 Å². The molecule has 0 N–H and O–H groups in total. The molecule has 12 rings (SSSR count). The molecule has 0 spiro atoms. The minimum absolute atomic E-state index is 0.0344. The Morgan fingerprint density at radius 3 is 1.61 bits per heavy atom. The van der Waals surface area contributed by atoms with Crippen LogP contribution in [0.5, 0.6) is 0 Å². The van der Waals surface area contributed by atoms with Crippen LogP contribution in [0.1, 0.15) is 16.7 Å². The maximum Gasteiger partial charge on any atom is 0.252 e. The molecule has 8 aromatic rings. The van der Waals surface area contributed by atoms with Crippen molar-refractivity contribution in [1.29, 1.82) is 0 Å². The third-order valence-corrected chi connectivity index (χ3v) is 13.7. The molecule has 57 heavy (non-hydrogen) atoms. The lowest BCUT2D eigenvalue weighted by atomic mass is 9.29. The fourth-order valence-corrected chi connectivity index (χ4v) is 11.3. The molecule has 0 bridgehead atoms. The number of anilines is 6. The van der Waals surface area contributed by atoms with E-state index in [1.807, 2.05) is 23.9 Å². The Kier molecular flexibility index (Phi) is 7.02. The summed E-state index contributed by atoms with van der Waals surface area (Å²) < 4.78 is 17.2. The molecule has 0 fully saturated rings. The van der Waals surface area contributed by atoms with Crippen molar-refractivity contribution in [3.8, 4) is 22.3 Å². The highest BCUT2D eigenvalue weighted by atomic mass is 32.2. The number of benzene rings is 8. The summed E-state index contributed by atoms with van der Waals surface area (Å²) in [4.78, 5) is 7.30. The van der Waals surface area contributed by atoms with Gasteiger partial charge in [-0.15, -0.1) is 0 Å². The Labute approximate surface area is 337 Å². The van der Waals surface area contributed by atoms with Gasteiger partial charge in [0.05, 0.1) is 5.69 Å². The predicted octanol–water partition coefficient (Wildman–Crippen LogP) is 9.46. The maximum absolute atomic E-state index is 17.2. The zero-order valence-electron chi connectivity index (χ0n) is 31.8. The van der Waals surface area contributed by atoms with Crippen LogP contribution < -0.4 is 42.6 Å². The lowest BCUT2D eigenvalue weighted by Crippen LogP contribution is -2.68. The average Bonchev–Trinajstić information content (AvgIpc) is 3.23. The molecule has 0 saturated heterocycles. The van der Waals surface area contributed by atoms with Crippen molar-refractivity contribution in [2.75, 3.05) is 9.80 Å². The third kappa shape index (κ3) is 4.68. The van der Waals surface area contributed by atoms with Crippen molar-refractivity contribution < 1.29 is 4.39 Å². The number of fused-ring (bicyclic) bond motifs is 10. The van der Waals surface area contributed by atoms with Crippen LogP contribution in [0.15, 0.2) is 168 Å². The highest BCUT2D eigenvalue weighted by Crippen LogP contribution is 2.50. The van der Waals surface area contributed by atoms with E-state index in [1.54, 1.807) is 6.07 Å². The summed E-state index contributed by atoms with van der Waals surface area (Å²) in [6.07, 6.45) is 0. The van der Waals surface area contributed by atoms with Crippen molar-refractivity contribution >= 4 is 92.1 Å². The van der Waals surface area contributed by atoms with Crippen LogP contribution in [0.2, 0.25) is 0 Å². The van der Waals surface area contributed by atoms with Crippen LogP contribution in [0, 0.1) is 26.6 Å². The standard InChI is InChI=1S/C51H35B2FN2S/c1-30-16-23-42-38(26-30)52-37-13-7-8-15-46(37)57-47-29-45-48-51(49(47)52)55(42)43-24-17-31(2)27-39(43)53(48)40-28-32(3)18-25-44(40)56(45)50-36(12-9-14-41(50)54)35-21-19-34(20-22-35)33-10-5-4-6-11-33/h4-29H,1-3H3. The zero-order valence-corrected chi connectivity index (χ0v) is 32.7.